The molecule has 0 aliphatic carbocycles. The van der Waals surface area contributed by atoms with Crippen LogP contribution >= 0.6 is 0 Å². The van der Waals surface area contributed by atoms with E-state index in [1.165, 1.54) is 5.56 Å². The number of carbonyl (C=O) groups is 2. The van der Waals surface area contributed by atoms with Crippen LogP contribution in [0.25, 0.3) is 0 Å². The standard InChI is InChI=1S/C26H44N4O3/c1-9-28(19-21-13-11-10-12-14-21)16-15-27(8)23(31)22-20-29(25(2,3)4)17-18-30(22)24(32)33-26(5,6)7/h10-14,22H,9,15-20H2,1-8H3. The Morgan fingerprint density at radius 3 is 2.21 bits per heavy atom. The van der Waals surface area contributed by atoms with Gasteiger partial charge in [-0.2, -0.15) is 0 Å². The van der Waals surface area contributed by atoms with Crippen LogP contribution in [-0.2, 0) is 16.1 Å². The summed E-state index contributed by atoms with van der Waals surface area (Å²) in [5.41, 5.74) is 0.584. The molecule has 7 heteroatoms. The highest BCUT2D eigenvalue weighted by Crippen LogP contribution is 2.22. The second-order valence-corrected chi connectivity index (χ2v) is 10.9. The molecule has 33 heavy (non-hydrogen) atoms. The predicted molar refractivity (Wildman–Crippen MR) is 133 cm³/mol. The zero-order valence-corrected chi connectivity index (χ0v) is 21.9. The summed E-state index contributed by atoms with van der Waals surface area (Å²) < 4.78 is 5.63. The Kier molecular flexibility index (Phi) is 9.32. The second-order valence-electron chi connectivity index (χ2n) is 10.9. The van der Waals surface area contributed by atoms with Crippen molar-refractivity contribution < 1.29 is 14.3 Å². The quantitative estimate of drug-likeness (QED) is 0.621. The van der Waals surface area contributed by atoms with Crippen molar-refractivity contribution in [2.75, 3.05) is 46.3 Å². The molecule has 0 spiro atoms. The first-order valence-electron chi connectivity index (χ1n) is 12.1. The summed E-state index contributed by atoms with van der Waals surface area (Å²) in [6.07, 6.45) is -0.415. The van der Waals surface area contributed by atoms with Crippen LogP contribution < -0.4 is 0 Å². The molecule has 1 aromatic rings. The zero-order valence-electron chi connectivity index (χ0n) is 21.9. The normalized spacial score (nSPS) is 17.8. The lowest BCUT2D eigenvalue weighted by Crippen LogP contribution is -2.64. The summed E-state index contributed by atoms with van der Waals surface area (Å²) in [6, 6.07) is 9.82. The fourth-order valence-corrected chi connectivity index (χ4v) is 3.99. The van der Waals surface area contributed by atoms with Crippen molar-refractivity contribution in [3.8, 4) is 0 Å². The maximum atomic E-state index is 13.5. The molecular formula is C26H44N4O3. The van der Waals surface area contributed by atoms with Gasteiger partial charge in [-0.25, -0.2) is 4.79 Å². The van der Waals surface area contributed by atoms with Gasteiger partial charge in [0.05, 0.1) is 0 Å². The van der Waals surface area contributed by atoms with E-state index in [0.29, 0.717) is 19.6 Å². The number of hydrogen-bond acceptors (Lipinski definition) is 5. The van der Waals surface area contributed by atoms with E-state index >= 15 is 0 Å². The number of ether oxygens (including phenoxy) is 1. The van der Waals surface area contributed by atoms with E-state index in [9.17, 15) is 9.59 Å². The van der Waals surface area contributed by atoms with Crippen LogP contribution in [0.3, 0.4) is 0 Å². The fraction of sp³-hybridized carbons (Fsp3) is 0.692. The van der Waals surface area contributed by atoms with Crippen molar-refractivity contribution in [2.45, 2.75) is 72.2 Å². The molecule has 1 aromatic carbocycles. The minimum Gasteiger partial charge on any atom is -0.444 e. The van der Waals surface area contributed by atoms with E-state index in [1.807, 2.05) is 46.0 Å². The van der Waals surface area contributed by atoms with E-state index in [1.54, 1.807) is 9.80 Å². The van der Waals surface area contributed by atoms with Gasteiger partial charge in [-0.15, -0.1) is 0 Å². The number of amides is 2. The Balaban J connectivity index is 2.08. The smallest absolute Gasteiger partial charge is 0.411 e. The highest BCUT2D eigenvalue weighted by molar-refractivity contribution is 5.86. The van der Waals surface area contributed by atoms with Crippen LogP contribution in [-0.4, -0.2) is 95.1 Å². The molecule has 1 fully saturated rings. The Morgan fingerprint density at radius 2 is 1.67 bits per heavy atom. The Bertz CT molecular complexity index is 770. The summed E-state index contributed by atoms with van der Waals surface area (Å²) in [5, 5.41) is 0. The molecule has 0 aromatic heterocycles. The van der Waals surface area contributed by atoms with Gasteiger partial charge < -0.3 is 9.64 Å². The molecule has 1 atom stereocenters. The first-order valence-corrected chi connectivity index (χ1v) is 12.1. The molecule has 7 nitrogen and oxygen atoms in total. The van der Waals surface area contributed by atoms with Gasteiger partial charge in [0.2, 0.25) is 5.91 Å². The summed E-state index contributed by atoms with van der Waals surface area (Å²) >= 11 is 0. The van der Waals surface area contributed by atoms with Gasteiger partial charge in [0.1, 0.15) is 11.6 Å². The van der Waals surface area contributed by atoms with Crippen molar-refractivity contribution in [2.24, 2.45) is 0 Å². The SMILES string of the molecule is CCN(CCN(C)C(=O)C1CN(C(C)(C)C)CCN1C(=O)OC(C)(C)C)Cc1ccccc1. The average Bonchev–Trinajstić information content (AvgIpc) is 2.74. The molecular weight excluding hydrogens is 416 g/mol. The van der Waals surface area contributed by atoms with E-state index in [2.05, 4.69) is 49.6 Å². The van der Waals surface area contributed by atoms with Crippen molar-refractivity contribution in [1.82, 2.24) is 19.6 Å². The van der Waals surface area contributed by atoms with E-state index in [4.69, 9.17) is 4.74 Å². The molecule has 1 aliphatic heterocycles. The lowest BCUT2D eigenvalue weighted by molar-refractivity contribution is -0.139. The topological polar surface area (TPSA) is 56.3 Å². The van der Waals surface area contributed by atoms with Crippen LogP contribution in [0.2, 0.25) is 0 Å². The number of hydrogen-bond donors (Lipinski definition) is 0. The highest BCUT2D eigenvalue weighted by Gasteiger charge is 2.41. The minimum absolute atomic E-state index is 0.0365. The van der Waals surface area contributed by atoms with Crippen LogP contribution in [0.4, 0.5) is 4.79 Å². The van der Waals surface area contributed by atoms with Gasteiger partial charge in [-0.05, 0) is 53.7 Å². The highest BCUT2D eigenvalue weighted by atomic mass is 16.6. The number of benzene rings is 1. The molecule has 0 saturated carbocycles. The molecule has 1 saturated heterocycles. The van der Waals surface area contributed by atoms with Gasteiger partial charge >= 0.3 is 6.09 Å². The summed E-state index contributed by atoms with van der Waals surface area (Å²) in [7, 11) is 1.84. The van der Waals surface area contributed by atoms with Crippen molar-refractivity contribution >= 4 is 12.0 Å². The summed E-state index contributed by atoms with van der Waals surface area (Å²) in [6.45, 7) is 19.0. The lowest BCUT2D eigenvalue weighted by atomic mass is 10.0. The van der Waals surface area contributed by atoms with Crippen LogP contribution in [0.1, 0.15) is 54.0 Å². The predicted octanol–water partition coefficient (Wildman–Crippen LogP) is 3.69. The molecule has 0 bridgehead atoms. The summed E-state index contributed by atoms with van der Waals surface area (Å²) in [4.78, 5) is 34.5. The van der Waals surface area contributed by atoms with Crippen LogP contribution in [0, 0.1) is 0 Å². The van der Waals surface area contributed by atoms with Crippen LogP contribution in [0.5, 0.6) is 0 Å². The number of carbonyl (C=O) groups excluding carboxylic acids is 2. The third kappa shape index (κ3) is 8.31. The fourth-order valence-electron chi connectivity index (χ4n) is 3.99. The number of likely N-dealkylation sites (N-methyl/N-ethyl adjacent to an activating group) is 2. The number of nitrogens with zero attached hydrogens (tertiary/aromatic N) is 4. The second kappa shape index (κ2) is 11.3. The maximum absolute atomic E-state index is 13.5. The minimum atomic E-state index is -0.600. The molecule has 1 aliphatic rings. The van der Waals surface area contributed by atoms with Gasteiger partial charge in [-0.1, -0.05) is 37.3 Å². The summed E-state index contributed by atoms with van der Waals surface area (Å²) in [5.74, 6) is -0.0365. The molecule has 0 N–H and O–H groups in total. The molecule has 1 unspecified atom stereocenters. The van der Waals surface area contributed by atoms with Crippen molar-refractivity contribution in [1.29, 1.82) is 0 Å². The monoisotopic (exact) mass is 460 g/mol. The van der Waals surface area contributed by atoms with Gasteiger partial charge in [0, 0.05) is 51.9 Å². The average molecular weight is 461 g/mol. The zero-order chi connectivity index (χ0) is 24.8. The number of piperazine rings is 1. The molecule has 1 heterocycles. The van der Waals surface area contributed by atoms with Gasteiger partial charge in [-0.3, -0.25) is 19.5 Å². The van der Waals surface area contributed by atoms with Gasteiger partial charge in [0.15, 0.2) is 0 Å². The first-order chi connectivity index (χ1) is 15.3. The first kappa shape index (κ1) is 27.1. The van der Waals surface area contributed by atoms with E-state index < -0.39 is 17.7 Å². The van der Waals surface area contributed by atoms with Gasteiger partial charge in [0.25, 0.3) is 0 Å². The van der Waals surface area contributed by atoms with E-state index in [-0.39, 0.29) is 11.4 Å². The van der Waals surface area contributed by atoms with Crippen LogP contribution in [0.15, 0.2) is 30.3 Å². The Morgan fingerprint density at radius 1 is 1.03 bits per heavy atom. The molecule has 0 radical (unpaired) electrons. The molecule has 2 rings (SSSR count). The molecule has 2 amide bonds. The van der Waals surface area contributed by atoms with E-state index in [0.717, 1.165) is 26.2 Å². The molecule has 186 valence electrons. The largest absolute Gasteiger partial charge is 0.444 e. The third-order valence-corrected chi connectivity index (χ3v) is 6.07. The van der Waals surface area contributed by atoms with Crippen molar-refractivity contribution in [3.63, 3.8) is 0 Å². The van der Waals surface area contributed by atoms with Crippen molar-refractivity contribution in [3.05, 3.63) is 35.9 Å². The Hall–Kier alpha value is -2.12. The third-order valence-electron chi connectivity index (χ3n) is 6.07. The lowest BCUT2D eigenvalue weighted by Gasteiger charge is -2.46. The maximum Gasteiger partial charge on any atom is 0.411 e. The number of rotatable bonds is 7. The Labute approximate surface area is 200 Å².